The summed E-state index contributed by atoms with van der Waals surface area (Å²) in [6.45, 7) is 1.81. The molecule has 1 N–H and O–H groups in total. The molecule has 0 saturated heterocycles. The Bertz CT molecular complexity index is 321. The lowest BCUT2D eigenvalue weighted by atomic mass is 10.1. The molecular formula is C11H13F3IN. The maximum absolute atomic E-state index is 11.9. The fourth-order valence-electron chi connectivity index (χ4n) is 1.30. The van der Waals surface area contributed by atoms with Crippen LogP contribution in [0.5, 0.6) is 0 Å². The second-order valence-electron chi connectivity index (χ2n) is 3.59. The number of hydrogen-bond donors (Lipinski definition) is 1. The van der Waals surface area contributed by atoms with Crippen LogP contribution in [0.2, 0.25) is 0 Å². The van der Waals surface area contributed by atoms with Crippen molar-refractivity contribution in [2.45, 2.75) is 25.6 Å². The van der Waals surface area contributed by atoms with Gasteiger partial charge in [-0.2, -0.15) is 13.2 Å². The second-order valence-corrected chi connectivity index (χ2v) is 4.84. The number of rotatable bonds is 4. The van der Waals surface area contributed by atoms with Crippen LogP contribution in [0.1, 0.15) is 24.9 Å². The van der Waals surface area contributed by atoms with Gasteiger partial charge in [0.2, 0.25) is 0 Å². The maximum atomic E-state index is 11.9. The van der Waals surface area contributed by atoms with E-state index in [1.165, 1.54) is 0 Å². The van der Waals surface area contributed by atoms with E-state index in [9.17, 15) is 13.2 Å². The Morgan fingerprint density at radius 1 is 1.25 bits per heavy atom. The quantitative estimate of drug-likeness (QED) is 0.818. The second kappa shape index (κ2) is 5.86. The lowest BCUT2D eigenvalue weighted by molar-refractivity contribution is -0.133. The summed E-state index contributed by atoms with van der Waals surface area (Å²) in [5.41, 5.74) is 1.00. The number of halogens is 4. The van der Waals surface area contributed by atoms with Crippen LogP contribution in [0.4, 0.5) is 13.2 Å². The van der Waals surface area contributed by atoms with Crippen LogP contribution in [0.15, 0.2) is 24.3 Å². The molecule has 0 aliphatic carbocycles. The summed E-state index contributed by atoms with van der Waals surface area (Å²) in [5, 5.41) is 2.85. The van der Waals surface area contributed by atoms with Crippen molar-refractivity contribution in [1.82, 2.24) is 5.32 Å². The molecule has 0 heterocycles. The van der Waals surface area contributed by atoms with Crippen molar-refractivity contribution in [2.75, 3.05) is 6.54 Å². The third kappa shape index (κ3) is 5.16. The van der Waals surface area contributed by atoms with Gasteiger partial charge in [-0.25, -0.2) is 0 Å². The molecule has 1 aromatic carbocycles. The van der Waals surface area contributed by atoms with Gasteiger partial charge in [0.05, 0.1) is 6.42 Å². The molecule has 90 valence electrons. The molecule has 1 rings (SSSR count). The van der Waals surface area contributed by atoms with Crippen molar-refractivity contribution in [3.8, 4) is 0 Å². The Kier molecular flexibility index (Phi) is 5.04. The van der Waals surface area contributed by atoms with Crippen LogP contribution in [-0.4, -0.2) is 12.7 Å². The van der Waals surface area contributed by atoms with E-state index in [2.05, 4.69) is 27.9 Å². The third-order valence-corrected chi connectivity index (χ3v) is 2.95. The molecular weight excluding hydrogens is 330 g/mol. The standard InChI is InChI=1S/C11H13F3IN/c1-8(16-7-6-11(12,13)14)9-2-4-10(15)5-3-9/h2-5,8,16H,6-7H2,1H3. The normalized spacial score (nSPS) is 13.8. The van der Waals surface area contributed by atoms with Gasteiger partial charge < -0.3 is 5.32 Å². The monoisotopic (exact) mass is 343 g/mol. The summed E-state index contributed by atoms with van der Waals surface area (Å²) < 4.78 is 36.9. The molecule has 0 fully saturated rings. The first-order valence-electron chi connectivity index (χ1n) is 4.94. The molecule has 1 unspecified atom stereocenters. The number of nitrogens with one attached hydrogen (secondary N) is 1. The predicted molar refractivity (Wildman–Crippen MR) is 66.2 cm³/mol. The molecule has 5 heteroatoms. The number of hydrogen-bond acceptors (Lipinski definition) is 1. The summed E-state index contributed by atoms with van der Waals surface area (Å²) in [4.78, 5) is 0. The Hall–Kier alpha value is -0.300. The first kappa shape index (κ1) is 13.8. The molecule has 0 aliphatic heterocycles. The minimum Gasteiger partial charge on any atom is -0.310 e. The molecule has 1 atom stereocenters. The Balaban J connectivity index is 2.41. The highest BCUT2D eigenvalue weighted by Gasteiger charge is 2.26. The third-order valence-electron chi connectivity index (χ3n) is 2.23. The highest BCUT2D eigenvalue weighted by Crippen LogP contribution is 2.19. The molecule has 1 nitrogen and oxygen atoms in total. The minimum absolute atomic E-state index is 0.0450. The van der Waals surface area contributed by atoms with E-state index >= 15 is 0 Å². The SMILES string of the molecule is CC(NCCC(F)(F)F)c1ccc(I)cc1. The van der Waals surface area contributed by atoms with Crippen molar-refractivity contribution in [3.63, 3.8) is 0 Å². The first-order valence-corrected chi connectivity index (χ1v) is 6.02. The lowest BCUT2D eigenvalue weighted by Gasteiger charge is -2.15. The van der Waals surface area contributed by atoms with Crippen molar-refractivity contribution < 1.29 is 13.2 Å². The molecule has 0 radical (unpaired) electrons. The van der Waals surface area contributed by atoms with Gasteiger partial charge in [-0.15, -0.1) is 0 Å². The molecule has 16 heavy (non-hydrogen) atoms. The van der Waals surface area contributed by atoms with E-state index in [-0.39, 0.29) is 12.6 Å². The van der Waals surface area contributed by atoms with E-state index < -0.39 is 12.6 Å². The van der Waals surface area contributed by atoms with Gasteiger partial charge in [0.25, 0.3) is 0 Å². The van der Waals surface area contributed by atoms with Gasteiger partial charge in [-0.1, -0.05) is 12.1 Å². The summed E-state index contributed by atoms with van der Waals surface area (Å²) >= 11 is 2.19. The number of benzene rings is 1. The maximum Gasteiger partial charge on any atom is 0.390 e. The van der Waals surface area contributed by atoms with Gasteiger partial charge in [-0.3, -0.25) is 0 Å². The van der Waals surface area contributed by atoms with E-state index in [1.54, 1.807) is 0 Å². The largest absolute Gasteiger partial charge is 0.390 e. The Labute approximate surface area is 107 Å². The van der Waals surface area contributed by atoms with Crippen molar-refractivity contribution >= 4 is 22.6 Å². The minimum atomic E-state index is -4.08. The van der Waals surface area contributed by atoms with Crippen molar-refractivity contribution in [2.24, 2.45) is 0 Å². The number of alkyl halides is 3. The molecule has 1 aromatic rings. The summed E-state index contributed by atoms with van der Waals surface area (Å²) in [6.07, 6.45) is -4.87. The molecule has 0 aromatic heterocycles. The van der Waals surface area contributed by atoms with Crippen LogP contribution in [-0.2, 0) is 0 Å². The topological polar surface area (TPSA) is 12.0 Å². The highest BCUT2D eigenvalue weighted by molar-refractivity contribution is 14.1. The van der Waals surface area contributed by atoms with E-state index in [4.69, 9.17) is 0 Å². The average Bonchev–Trinajstić information content (AvgIpc) is 2.16. The van der Waals surface area contributed by atoms with E-state index in [0.717, 1.165) is 9.13 Å². The van der Waals surface area contributed by atoms with E-state index in [1.807, 2.05) is 31.2 Å². The highest BCUT2D eigenvalue weighted by atomic mass is 127. The van der Waals surface area contributed by atoms with Gasteiger partial charge in [0, 0.05) is 16.2 Å². The zero-order valence-corrected chi connectivity index (χ0v) is 11.0. The Morgan fingerprint density at radius 3 is 2.31 bits per heavy atom. The summed E-state index contributed by atoms with van der Waals surface area (Å²) in [7, 11) is 0. The van der Waals surface area contributed by atoms with Crippen molar-refractivity contribution in [3.05, 3.63) is 33.4 Å². The van der Waals surface area contributed by atoms with Crippen LogP contribution < -0.4 is 5.32 Å². The zero-order valence-electron chi connectivity index (χ0n) is 8.81. The van der Waals surface area contributed by atoms with Crippen LogP contribution in [0, 0.1) is 3.57 Å². The molecule has 0 bridgehead atoms. The van der Waals surface area contributed by atoms with Crippen LogP contribution in [0.25, 0.3) is 0 Å². The summed E-state index contributed by atoms with van der Waals surface area (Å²) in [5.74, 6) is 0. The molecule has 0 saturated carbocycles. The molecule has 0 aliphatic rings. The van der Waals surface area contributed by atoms with Crippen LogP contribution >= 0.6 is 22.6 Å². The van der Waals surface area contributed by atoms with Gasteiger partial charge in [0.1, 0.15) is 0 Å². The van der Waals surface area contributed by atoms with Gasteiger partial charge in [-0.05, 0) is 47.2 Å². The van der Waals surface area contributed by atoms with Gasteiger partial charge >= 0.3 is 6.18 Å². The predicted octanol–water partition coefficient (Wildman–Crippen LogP) is 3.89. The fraction of sp³-hybridized carbons (Fsp3) is 0.455. The smallest absolute Gasteiger partial charge is 0.310 e. The van der Waals surface area contributed by atoms with Gasteiger partial charge in [0.15, 0.2) is 0 Å². The summed E-state index contributed by atoms with van der Waals surface area (Å²) in [6, 6.07) is 7.68. The fourth-order valence-corrected chi connectivity index (χ4v) is 1.66. The molecule has 0 spiro atoms. The molecule has 0 amide bonds. The van der Waals surface area contributed by atoms with E-state index in [0.29, 0.717) is 0 Å². The zero-order chi connectivity index (χ0) is 12.2. The Morgan fingerprint density at radius 2 is 1.81 bits per heavy atom. The average molecular weight is 343 g/mol. The lowest BCUT2D eigenvalue weighted by Crippen LogP contribution is -2.24. The first-order chi connectivity index (χ1) is 7.38. The van der Waals surface area contributed by atoms with Crippen LogP contribution in [0.3, 0.4) is 0 Å². The van der Waals surface area contributed by atoms with Crippen molar-refractivity contribution in [1.29, 1.82) is 0 Å².